The van der Waals surface area contributed by atoms with Crippen molar-refractivity contribution in [3.63, 3.8) is 0 Å². The fraction of sp³-hybridized carbons (Fsp3) is 0.722. The second-order valence-electron chi connectivity index (χ2n) is 7.36. The summed E-state index contributed by atoms with van der Waals surface area (Å²) in [5.41, 5.74) is 1.26. The van der Waals surface area contributed by atoms with Crippen LogP contribution in [-0.2, 0) is 16.6 Å². The number of nitrogens with zero attached hydrogens (tertiary/aromatic N) is 4. The van der Waals surface area contributed by atoms with Crippen molar-refractivity contribution in [3.8, 4) is 0 Å². The summed E-state index contributed by atoms with van der Waals surface area (Å²) >= 11 is 1.72. The minimum absolute atomic E-state index is 0.101. The number of nitrogens with one attached hydrogen (secondary N) is 1. The standard InChI is InChI=1S/C18H31N5OS/c1-6-19-17(23-11-9-22(10-12-23)14(2)24)20-8-7-16-21-15(13-25-16)18(3,4)5/h13H,6-12H2,1-5H3,(H,19,20). The van der Waals surface area contributed by atoms with E-state index in [4.69, 9.17) is 9.98 Å². The van der Waals surface area contributed by atoms with Gasteiger partial charge in [0.15, 0.2) is 5.96 Å². The van der Waals surface area contributed by atoms with Crippen molar-refractivity contribution in [2.45, 2.75) is 46.5 Å². The Hall–Kier alpha value is -1.63. The maximum Gasteiger partial charge on any atom is 0.219 e. The first kappa shape index (κ1) is 19.7. The van der Waals surface area contributed by atoms with Gasteiger partial charge in [-0.3, -0.25) is 9.79 Å². The van der Waals surface area contributed by atoms with Gasteiger partial charge in [-0.1, -0.05) is 20.8 Å². The Morgan fingerprint density at radius 2 is 1.92 bits per heavy atom. The summed E-state index contributed by atoms with van der Waals surface area (Å²) in [4.78, 5) is 25.1. The van der Waals surface area contributed by atoms with E-state index in [-0.39, 0.29) is 11.3 Å². The summed E-state index contributed by atoms with van der Waals surface area (Å²) in [6.07, 6.45) is 0.864. The van der Waals surface area contributed by atoms with E-state index in [9.17, 15) is 4.79 Å². The van der Waals surface area contributed by atoms with Crippen molar-refractivity contribution >= 4 is 23.2 Å². The molecule has 1 N–H and O–H groups in total. The van der Waals surface area contributed by atoms with E-state index in [1.54, 1.807) is 18.3 Å². The van der Waals surface area contributed by atoms with Crippen LogP contribution in [0.1, 0.15) is 45.3 Å². The van der Waals surface area contributed by atoms with Gasteiger partial charge in [0.05, 0.1) is 10.7 Å². The number of aromatic nitrogens is 1. The predicted octanol–water partition coefficient (Wildman–Crippen LogP) is 2.11. The molecule has 1 aromatic rings. The molecule has 0 saturated carbocycles. The number of thiazole rings is 1. The minimum atomic E-state index is 0.101. The first-order valence-electron chi connectivity index (χ1n) is 9.05. The maximum atomic E-state index is 11.5. The Balaban J connectivity index is 1.91. The molecule has 0 bridgehead atoms. The van der Waals surface area contributed by atoms with Crippen LogP contribution >= 0.6 is 11.3 Å². The van der Waals surface area contributed by atoms with Gasteiger partial charge < -0.3 is 15.1 Å². The molecule has 0 aromatic carbocycles. The summed E-state index contributed by atoms with van der Waals surface area (Å²) in [6.45, 7) is 15.0. The van der Waals surface area contributed by atoms with E-state index in [1.807, 2.05) is 4.90 Å². The molecule has 1 aromatic heterocycles. The molecule has 1 saturated heterocycles. The van der Waals surface area contributed by atoms with Crippen LogP contribution in [0.25, 0.3) is 0 Å². The molecule has 140 valence electrons. The molecule has 1 fully saturated rings. The molecule has 1 aliphatic heterocycles. The van der Waals surface area contributed by atoms with E-state index in [1.165, 1.54) is 0 Å². The summed E-state index contributed by atoms with van der Waals surface area (Å²) in [5, 5.41) is 6.67. The number of hydrogen-bond acceptors (Lipinski definition) is 4. The summed E-state index contributed by atoms with van der Waals surface area (Å²) in [7, 11) is 0. The van der Waals surface area contributed by atoms with Gasteiger partial charge in [0.25, 0.3) is 0 Å². The molecule has 0 aliphatic carbocycles. The van der Waals surface area contributed by atoms with Crippen molar-refractivity contribution in [2.24, 2.45) is 4.99 Å². The number of rotatable bonds is 4. The van der Waals surface area contributed by atoms with Crippen LogP contribution in [0, 0.1) is 0 Å². The van der Waals surface area contributed by atoms with E-state index >= 15 is 0 Å². The van der Waals surface area contributed by atoms with Gasteiger partial charge in [-0.05, 0) is 6.92 Å². The van der Waals surface area contributed by atoms with Crippen LogP contribution in [0.4, 0.5) is 0 Å². The molecule has 0 spiro atoms. The highest BCUT2D eigenvalue weighted by Crippen LogP contribution is 2.24. The summed E-state index contributed by atoms with van der Waals surface area (Å²) in [5.74, 6) is 1.10. The molecule has 7 heteroatoms. The zero-order valence-corrected chi connectivity index (χ0v) is 16.9. The van der Waals surface area contributed by atoms with Gasteiger partial charge >= 0.3 is 0 Å². The highest BCUT2D eigenvalue weighted by molar-refractivity contribution is 7.09. The third-order valence-corrected chi connectivity index (χ3v) is 5.18. The number of aliphatic imine (C=N–C) groups is 1. The fourth-order valence-corrected chi connectivity index (χ4v) is 3.70. The van der Waals surface area contributed by atoms with Crippen LogP contribution < -0.4 is 5.32 Å². The number of guanidine groups is 1. The largest absolute Gasteiger partial charge is 0.357 e. The quantitative estimate of drug-likeness (QED) is 0.656. The SMILES string of the molecule is CCNC(=NCCc1nc(C(C)(C)C)cs1)N1CCN(C(C)=O)CC1. The Kier molecular flexibility index (Phi) is 6.81. The fourth-order valence-electron chi connectivity index (χ4n) is 2.69. The van der Waals surface area contributed by atoms with Crippen LogP contribution in [-0.4, -0.2) is 65.9 Å². The zero-order valence-electron chi connectivity index (χ0n) is 16.1. The monoisotopic (exact) mass is 365 g/mol. The Morgan fingerprint density at radius 3 is 2.44 bits per heavy atom. The average molecular weight is 366 g/mol. The number of carbonyl (C=O) groups excluding carboxylic acids is 1. The molecule has 6 nitrogen and oxygen atoms in total. The molecule has 0 radical (unpaired) electrons. The highest BCUT2D eigenvalue weighted by Gasteiger charge is 2.21. The lowest BCUT2D eigenvalue weighted by Gasteiger charge is -2.36. The van der Waals surface area contributed by atoms with Crippen molar-refractivity contribution in [2.75, 3.05) is 39.3 Å². The molecular weight excluding hydrogens is 334 g/mol. The number of piperazine rings is 1. The normalized spacial score (nSPS) is 16.3. The van der Waals surface area contributed by atoms with Crippen molar-refractivity contribution in [1.29, 1.82) is 0 Å². The highest BCUT2D eigenvalue weighted by atomic mass is 32.1. The van der Waals surface area contributed by atoms with Crippen LogP contribution in [0.3, 0.4) is 0 Å². The Labute approximate surface area is 155 Å². The smallest absolute Gasteiger partial charge is 0.219 e. The molecule has 2 rings (SSSR count). The summed E-state index contributed by atoms with van der Waals surface area (Å²) in [6, 6.07) is 0. The molecular formula is C18H31N5OS. The molecule has 0 unspecified atom stereocenters. The van der Waals surface area contributed by atoms with Gasteiger partial charge in [0, 0.05) is 63.4 Å². The van der Waals surface area contributed by atoms with Gasteiger partial charge in [-0.2, -0.15) is 0 Å². The van der Waals surface area contributed by atoms with Crippen molar-refractivity contribution < 1.29 is 4.79 Å². The molecule has 1 amide bonds. The van der Waals surface area contributed by atoms with Crippen LogP contribution in [0.5, 0.6) is 0 Å². The van der Waals surface area contributed by atoms with E-state index in [0.29, 0.717) is 0 Å². The van der Waals surface area contributed by atoms with E-state index in [0.717, 1.165) is 62.4 Å². The minimum Gasteiger partial charge on any atom is -0.357 e. The van der Waals surface area contributed by atoms with Gasteiger partial charge in [-0.25, -0.2) is 4.98 Å². The van der Waals surface area contributed by atoms with Crippen LogP contribution in [0.15, 0.2) is 10.4 Å². The number of carbonyl (C=O) groups is 1. The van der Waals surface area contributed by atoms with E-state index in [2.05, 4.69) is 43.3 Å². The first-order valence-corrected chi connectivity index (χ1v) is 9.93. The lowest BCUT2D eigenvalue weighted by atomic mass is 9.93. The van der Waals surface area contributed by atoms with Gasteiger partial charge in [0.1, 0.15) is 0 Å². The molecule has 0 atom stereocenters. The lowest BCUT2D eigenvalue weighted by Crippen LogP contribution is -2.53. The first-order chi connectivity index (χ1) is 11.8. The topological polar surface area (TPSA) is 60.8 Å². The Bertz CT molecular complexity index is 597. The lowest BCUT2D eigenvalue weighted by molar-refractivity contribution is -0.130. The third-order valence-electron chi connectivity index (χ3n) is 4.27. The predicted molar refractivity (Wildman–Crippen MR) is 104 cm³/mol. The summed E-state index contributed by atoms with van der Waals surface area (Å²) < 4.78 is 0. The Morgan fingerprint density at radius 1 is 1.28 bits per heavy atom. The number of hydrogen-bond donors (Lipinski definition) is 1. The average Bonchev–Trinajstić information content (AvgIpc) is 3.03. The van der Waals surface area contributed by atoms with Gasteiger partial charge in [0.2, 0.25) is 5.91 Å². The third kappa shape index (κ3) is 5.70. The van der Waals surface area contributed by atoms with E-state index < -0.39 is 0 Å². The molecule has 2 heterocycles. The zero-order chi connectivity index (χ0) is 18.4. The second kappa shape index (κ2) is 8.65. The van der Waals surface area contributed by atoms with Crippen molar-refractivity contribution in [3.05, 3.63) is 16.1 Å². The van der Waals surface area contributed by atoms with Crippen molar-refractivity contribution in [1.82, 2.24) is 20.1 Å². The molecule has 1 aliphatic rings. The van der Waals surface area contributed by atoms with Crippen LogP contribution in [0.2, 0.25) is 0 Å². The molecule has 25 heavy (non-hydrogen) atoms. The maximum absolute atomic E-state index is 11.5. The second-order valence-corrected chi connectivity index (χ2v) is 8.30. The van der Waals surface area contributed by atoms with Gasteiger partial charge in [-0.15, -0.1) is 11.3 Å². The number of amides is 1.